The van der Waals surface area contributed by atoms with Gasteiger partial charge in [0.2, 0.25) is 0 Å². The quantitative estimate of drug-likeness (QED) is 0.470. The molecular formula is C12H17ClN2O4. The Kier molecular flexibility index (Phi) is 6.01. The molecule has 1 aromatic carbocycles. The number of hydrogen-bond donors (Lipinski definition) is 1. The zero-order valence-corrected chi connectivity index (χ0v) is 11.6. The fraction of sp³-hybridized carbons (Fsp3) is 0.500. The van der Waals surface area contributed by atoms with Crippen LogP contribution in [-0.4, -0.2) is 48.8 Å². The van der Waals surface area contributed by atoms with E-state index in [-0.39, 0.29) is 23.4 Å². The van der Waals surface area contributed by atoms with Gasteiger partial charge in [-0.15, -0.1) is 11.6 Å². The van der Waals surface area contributed by atoms with Crippen molar-refractivity contribution >= 4 is 17.3 Å². The Hall–Kier alpha value is -1.37. The lowest BCUT2D eigenvalue weighted by atomic mass is 10.1. The second-order valence-electron chi connectivity index (χ2n) is 4.14. The summed E-state index contributed by atoms with van der Waals surface area (Å²) in [7, 11) is 3.21. The highest BCUT2D eigenvalue weighted by Crippen LogP contribution is 2.32. The van der Waals surface area contributed by atoms with Crippen LogP contribution >= 0.6 is 11.6 Å². The molecule has 19 heavy (non-hydrogen) atoms. The van der Waals surface area contributed by atoms with Crippen molar-refractivity contribution in [1.82, 2.24) is 4.90 Å². The first-order valence-corrected chi connectivity index (χ1v) is 6.19. The molecule has 0 aromatic heterocycles. The number of aliphatic hydroxyl groups excluding tert-OH is 1. The van der Waals surface area contributed by atoms with Crippen molar-refractivity contribution in [2.45, 2.75) is 5.38 Å². The van der Waals surface area contributed by atoms with E-state index in [0.29, 0.717) is 18.7 Å². The lowest BCUT2D eigenvalue weighted by molar-refractivity contribution is -0.385. The van der Waals surface area contributed by atoms with E-state index in [2.05, 4.69) is 0 Å². The minimum absolute atomic E-state index is 0.0445. The fourth-order valence-corrected chi connectivity index (χ4v) is 2.06. The van der Waals surface area contributed by atoms with Crippen molar-refractivity contribution in [1.29, 1.82) is 0 Å². The van der Waals surface area contributed by atoms with Crippen LogP contribution in [0.1, 0.15) is 10.9 Å². The molecule has 0 amide bonds. The van der Waals surface area contributed by atoms with Crippen LogP contribution in [-0.2, 0) is 0 Å². The summed E-state index contributed by atoms with van der Waals surface area (Å²) in [6, 6.07) is 4.66. The molecular weight excluding hydrogens is 272 g/mol. The number of ether oxygens (including phenoxy) is 1. The topological polar surface area (TPSA) is 75.8 Å². The van der Waals surface area contributed by atoms with Gasteiger partial charge in [-0.25, -0.2) is 0 Å². The first-order chi connectivity index (χ1) is 8.99. The number of rotatable bonds is 7. The molecule has 106 valence electrons. The van der Waals surface area contributed by atoms with E-state index < -0.39 is 4.92 Å². The zero-order valence-electron chi connectivity index (χ0n) is 10.9. The second kappa shape index (κ2) is 7.28. The molecule has 0 saturated heterocycles. The zero-order chi connectivity index (χ0) is 14.4. The number of aliphatic hydroxyl groups is 1. The number of benzene rings is 1. The molecule has 0 aliphatic rings. The van der Waals surface area contributed by atoms with E-state index in [4.69, 9.17) is 21.4 Å². The third-order valence-electron chi connectivity index (χ3n) is 2.71. The first kappa shape index (κ1) is 15.7. The summed E-state index contributed by atoms with van der Waals surface area (Å²) in [6.07, 6.45) is 0. The smallest absolute Gasteiger partial charge is 0.311 e. The highest BCUT2D eigenvalue weighted by molar-refractivity contribution is 6.21. The maximum Gasteiger partial charge on any atom is 0.311 e. The molecule has 7 heteroatoms. The molecule has 1 atom stereocenters. The molecule has 0 saturated carbocycles. The van der Waals surface area contributed by atoms with Crippen molar-refractivity contribution in [3.63, 3.8) is 0 Å². The third-order valence-corrected chi connectivity index (χ3v) is 3.10. The number of halogens is 1. The van der Waals surface area contributed by atoms with Crippen LogP contribution in [0.4, 0.5) is 5.69 Å². The van der Waals surface area contributed by atoms with Crippen LogP contribution in [0.25, 0.3) is 0 Å². The summed E-state index contributed by atoms with van der Waals surface area (Å²) in [5.41, 5.74) is 0.550. The van der Waals surface area contributed by atoms with Crippen LogP contribution in [0.15, 0.2) is 18.2 Å². The van der Waals surface area contributed by atoms with Gasteiger partial charge in [0, 0.05) is 19.2 Å². The van der Waals surface area contributed by atoms with Gasteiger partial charge in [0.15, 0.2) is 5.75 Å². The Morgan fingerprint density at radius 2 is 2.26 bits per heavy atom. The number of methoxy groups -OCH3 is 1. The Morgan fingerprint density at radius 3 is 2.79 bits per heavy atom. The number of nitrogens with zero attached hydrogens (tertiary/aromatic N) is 2. The van der Waals surface area contributed by atoms with Gasteiger partial charge in [-0.3, -0.25) is 10.1 Å². The highest BCUT2D eigenvalue weighted by atomic mass is 35.5. The largest absolute Gasteiger partial charge is 0.490 e. The summed E-state index contributed by atoms with van der Waals surface area (Å²) >= 11 is 6.22. The van der Waals surface area contributed by atoms with Crippen LogP contribution in [0.3, 0.4) is 0 Å². The van der Waals surface area contributed by atoms with Gasteiger partial charge >= 0.3 is 5.69 Å². The average Bonchev–Trinajstić information content (AvgIpc) is 2.37. The number of likely N-dealkylation sites (N-methyl/N-ethyl adjacent to an activating group) is 1. The number of alkyl halides is 1. The van der Waals surface area contributed by atoms with Gasteiger partial charge in [0.05, 0.1) is 24.0 Å². The molecule has 0 radical (unpaired) electrons. The van der Waals surface area contributed by atoms with Gasteiger partial charge in [-0.2, -0.15) is 0 Å². The minimum atomic E-state index is -0.497. The lowest BCUT2D eigenvalue weighted by Gasteiger charge is -2.19. The molecule has 0 aliphatic heterocycles. The maximum atomic E-state index is 10.9. The van der Waals surface area contributed by atoms with E-state index in [0.717, 1.165) is 0 Å². The Bertz CT molecular complexity index is 442. The van der Waals surface area contributed by atoms with Gasteiger partial charge in [0.1, 0.15) is 0 Å². The van der Waals surface area contributed by atoms with E-state index >= 15 is 0 Å². The predicted octanol–water partition coefficient (Wildman–Crippen LogP) is 1.81. The van der Waals surface area contributed by atoms with Gasteiger partial charge in [0.25, 0.3) is 0 Å². The van der Waals surface area contributed by atoms with Gasteiger partial charge < -0.3 is 14.7 Å². The first-order valence-electron chi connectivity index (χ1n) is 5.75. The molecule has 6 nitrogen and oxygen atoms in total. The molecule has 0 fully saturated rings. The molecule has 1 aromatic rings. The lowest BCUT2D eigenvalue weighted by Crippen LogP contribution is -2.25. The van der Waals surface area contributed by atoms with Crippen molar-refractivity contribution in [2.75, 3.05) is 33.9 Å². The average molecular weight is 289 g/mol. The van der Waals surface area contributed by atoms with Crippen molar-refractivity contribution in [3.8, 4) is 5.75 Å². The number of nitro benzene ring substituents is 1. The summed E-state index contributed by atoms with van der Waals surface area (Å²) in [5, 5.41) is 19.3. The SMILES string of the molecule is COc1ccc(C(Cl)CN(C)CCO)cc1[N+](=O)[O-]. The predicted molar refractivity (Wildman–Crippen MR) is 72.8 cm³/mol. The molecule has 0 heterocycles. The van der Waals surface area contributed by atoms with E-state index in [1.165, 1.54) is 19.2 Å². The second-order valence-corrected chi connectivity index (χ2v) is 4.67. The minimum Gasteiger partial charge on any atom is -0.490 e. The van der Waals surface area contributed by atoms with Crippen LogP contribution in [0, 0.1) is 10.1 Å². The van der Waals surface area contributed by atoms with E-state index in [1.807, 2.05) is 11.9 Å². The van der Waals surface area contributed by atoms with E-state index in [9.17, 15) is 10.1 Å². The van der Waals surface area contributed by atoms with Crippen molar-refractivity contribution in [3.05, 3.63) is 33.9 Å². The Labute approximate surface area is 116 Å². The molecule has 1 rings (SSSR count). The molecule has 1 unspecified atom stereocenters. The van der Waals surface area contributed by atoms with Crippen LogP contribution in [0.5, 0.6) is 5.75 Å². The summed E-state index contributed by atoms with van der Waals surface area (Å²) in [5.74, 6) is 0.210. The monoisotopic (exact) mass is 288 g/mol. The number of nitro groups is 1. The van der Waals surface area contributed by atoms with Crippen LogP contribution in [0.2, 0.25) is 0 Å². The summed E-state index contributed by atoms with van der Waals surface area (Å²) < 4.78 is 4.93. The summed E-state index contributed by atoms with van der Waals surface area (Å²) in [6.45, 7) is 1.04. The maximum absolute atomic E-state index is 10.9. The number of hydrogen-bond acceptors (Lipinski definition) is 5. The molecule has 0 aliphatic carbocycles. The molecule has 1 N–H and O–H groups in total. The summed E-state index contributed by atoms with van der Waals surface area (Å²) in [4.78, 5) is 12.3. The Morgan fingerprint density at radius 1 is 1.58 bits per heavy atom. The third kappa shape index (κ3) is 4.34. The van der Waals surface area contributed by atoms with Gasteiger partial charge in [-0.1, -0.05) is 6.07 Å². The van der Waals surface area contributed by atoms with Crippen molar-refractivity contribution in [2.24, 2.45) is 0 Å². The van der Waals surface area contributed by atoms with E-state index in [1.54, 1.807) is 6.07 Å². The fourth-order valence-electron chi connectivity index (χ4n) is 1.69. The normalized spacial score (nSPS) is 12.5. The Balaban J connectivity index is 2.89. The van der Waals surface area contributed by atoms with Crippen LogP contribution < -0.4 is 4.74 Å². The highest BCUT2D eigenvalue weighted by Gasteiger charge is 2.19. The molecule has 0 spiro atoms. The molecule has 0 bridgehead atoms. The van der Waals surface area contributed by atoms with Gasteiger partial charge in [-0.05, 0) is 18.7 Å². The van der Waals surface area contributed by atoms with Crippen molar-refractivity contribution < 1.29 is 14.8 Å². The standard InChI is InChI=1S/C12H17ClN2O4/c1-14(5-6-16)8-10(13)9-3-4-12(19-2)11(7-9)15(17)18/h3-4,7,10,16H,5-6,8H2,1-2H3.